The van der Waals surface area contributed by atoms with E-state index in [1.54, 1.807) is 6.20 Å². The van der Waals surface area contributed by atoms with Gasteiger partial charge in [0.1, 0.15) is 12.3 Å². The van der Waals surface area contributed by atoms with Gasteiger partial charge in [0.2, 0.25) is 5.90 Å². The number of hydrogen-bond acceptors (Lipinski definition) is 3. The maximum atomic E-state index is 5.82. The van der Waals surface area contributed by atoms with Crippen molar-refractivity contribution in [3.8, 4) is 0 Å². The normalized spacial score (nSPS) is 16.5. The minimum absolute atomic E-state index is 0.170. The van der Waals surface area contributed by atoms with Crippen LogP contribution in [0, 0.1) is 0 Å². The van der Waals surface area contributed by atoms with Gasteiger partial charge in [0.25, 0.3) is 0 Å². The first-order valence-electron chi connectivity index (χ1n) is 8.40. The molecule has 0 fully saturated rings. The molecule has 1 aliphatic rings. The highest BCUT2D eigenvalue weighted by atomic mass is 31.1. The van der Waals surface area contributed by atoms with Gasteiger partial charge in [-0.2, -0.15) is 0 Å². The van der Waals surface area contributed by atoms with E-state index < -0.39 is 7.92 Å². The van der Waals surface area contributed by atoms with Crippen LogP contribution >= 0.6 is 7.92 Å². The Bertz CT molecular complexity index is 798. The molecule has 0 N–H and O–H groups in total. The Morgan fingerprint density at radius 2 is 1.48 bits per heavy atom. The van der Waals surface area contributed by atoms with Crippen LogP contribution in [0.4, 0.5) is 0 Å². The lowest BCUT2D eigenvalue weighted by atomic mass is 10.3. The highest BCUT2D eigenvalue weighted by Gasteiger charge is 2.25. The molecule has 0 radical (unpaired) electrons. The van der Waals surface area contributed by atoms with E-state index in [0.717, 1.165) is 11.9 Å². The number of aliphatic imine (C=N–C) groups is 1. The van der Waals surface area contributed by atoms with Gasteiger partial charge in [0.05, 0.1) is 6.04 Å². The molecule has 1 atom stereocenters. The number of aromatic nitrogens is 1. The van der Waals surface area contributed by atoms with E-state index in [4.69, 9.17) is 9.73 Å². The summed E-state index contributed by atoms with van der Waals surface area (Å²) in [5, 5.41) is 2.76. The number of nitrogens with zero attached hydrogens (tertiary/aromatic N) is 2. The van der Waals surface area contributed by atoms with Crippen LogP contribution in [0.5, 0.6) is 0 Å². The number of benzene rings is 2. The second kappa shape index (κ2) is 7.58. The summed E-state index contributed by atoms with van der Waals surface area (Å²) in [6.07, 6.45) is 2.76. The zero-order valence-corrected chi connectivity index (χ0v) is 14.7. The minimum Gasteiger partial charge on any atom is -0.474 e. The van der Waals surface area contributed by atoms with Gasteiger partial charge in [0, 0.05) is 12.4 Å². The SMILES string of the molecule is c1ccc(P(C[C@@H]2COC(c3ccccn3)=N2)c2ccccc2)cc1. The molecule has 0 unspecified atom stereocenters. The van der Waals surface area contributed by atoms with Crippen LogP contribution in [0.25, 0.3) is 0 Å². The Balaban J connectivity index is 1.59. The third-order valence-electron chi connectivity index (χ3n) is 4.13. The predicted molar refractivity (Wildman–Crippen MR) is 104 cm³/mol. The third kappa shape index (κ3) is 3.78. The predicted octanol–water partition coefficient (Wildman–Crippen LogP) is 3.36. The lowest BCUT2D eigenvalue weighted by molar-refractivity contribution is 0.324. The first-order chi connectivity index (χ1) is 12.4. The molecule has 4 rings (SSSR count). The molecule has 0 aliphatic carbocycles. The molecule has 2 aromatic carbocycles. The quantitative estimate of drug-likeness (QED) is 0.664. The van der Waals surface area contributed by atoms with Gasteiger partial charge in [-0.3, -0.25) is 4.98 Å². The molecule has 4 heteroatoms. The van der Waals surface area contributed by atoms with Gasteiger partial charge in [-0.05, 0) is 30.7 Å². The number of rotatable bonds is 5. The van der Waals surface area contributed by atoms with Gasteiger partial charge >= 0.3 is 0 Å². The maximum absolute atomic E-state index is 5.82. The molecule has 0 amide bonds. The van der Waals surface area contributed by atoms with Crippen molar-refractivity contribution >= 4 is 24.4 Å². The molecule has 0 bridgehead atoms. The molecular weight excluding hydrogens is 327 g/mol. The van der Waals surface area contributed by atoms with E-state index in [9.17, 15) is 0 Å². The third-order valence-corrected chi connectivity index (χ3v) is 6.75. The Hall–Kier alpha value is -2.51. The average Bonchev–Trinajstić information content (AvgIpc) is 3.17. The van der Waals surface area contributed by atoms with E-state index in [-0.39, 0.29) is 6.04 Å². The van der Waals surface area contributed by atoms with E-state index >= 15 is 0 Å². The van der Waals surface area contributed by atoms with Crippen molar-refractivity contribution in [3.05, 3.63) is 90.8 Å². The standard InChI is InChI=1S/C21H19N2OP/c1-3-9-18(10-4-1)25(19-11-5-2-6-12-19)16-17-15-24-21(23-17)20-13-7-8-14-22-20/h1-14,17H,15-16H2/t17-/m0/s1. The van der Waals surface area contributed by atoms with Gasteiger partial charge in [-0.1, -0.05) is 66.7 Å². The number of pyridine rings is 1. The fourth-order valence-electron chi connectivity index (χ4n) is 2.92. The summed E-state index contributed by atoms with van der Waals surface area (Å²) in [5.41, 5.74) is 0.814. The maximum Gasteiger partial charge on any atom is 0.235 e. The zero-order valence-electron chi connectivity index (χ0n) is 13.8. The van der Waals surface area contributed by atoms with Gasteiger partial charge in [0.15, 0.2) is 0 Å². The van der Waals surface area contributed by atoms with E-state index in [1.165, 1.54) is 10.6 Å². The van der Waals surface area contributed by atoms with Crippen molar-refractivity contribution in [2.24, 2.45) is 4.99 Å². The highest BCUT2D eigenvalue weighted by molar-refractivity contribution is 7.73. The Morgan fingerprint density at radius 1 is 0.840 bits per heavy atom. The first-order valence-corrected chi connectivity index (χ1v) is 9.92. The smallest absolute Gasteiger partial charge is 0.235 e. The van der Waals surface area contributed by atoms with E-state index in [1.807, 2.05) is 18.2 Å². The van der Waals surface area contributed by atoms with Crippen LogP contribution in [0.1, 0.15) is 5.69 Å². The largest absolute Gasteiger partial charge is 0.474 e. The molecule has 25 heavy (non-hydrogen) atoms. The Kier molecular flexibility index (Phi) is 4.85. The van der Waals surface area contributed by atoms with Crippen molar-refractivity contribution in [1.29, 1.82) is 0 Å². The summed E-state index contributed by atoms with van der Waals surface area (Å²) in [6, 6.07) is 27.4. The molecule has 124 valence electrons. The van der Waals surface area contributed by atoms with Crippen LogP contribution in [0.2, 0.25) is 0 Å². The fourth-order valence-corrected chi connectivity index (χ4v) is 5.32. The summed E-state index contributed by atoms with van der Waals surface area (Å²) in [7, 11) is -0.457. The minimum atomic E-state index is -0.457. The topological polar surface area (TPSA) is 34.5 Å². The molecule has 0 saturated heterocycles. The van der Waals surface area contributed by atoms with E-state index in [0.29, 0.717) is 12.5 Å². The second-order valence-corrected chi connectivity index (χ2v) is 8.15. The molecule has 3 nitrogen and oxygen atoms in total. The summed E-state index contributed by atoms with van der Waals surface area (Å²) in [5.74, 6) is 0.668. The average molecular weight is 346 g/mol. The lowest BCUT2D eigenvalue weighted by Crippen LogP contribution is -2.21. The molecular formula is C21H19N2OP. The van der Waals surface area contributed by atoms with Crippen molar-refractivity contribution in [2.75, 3.05) is 12.8 Å². The number of ether oxygens (including phenoxy) is 1. The Morgan fingerprint density at radius 3 is 2.08 bits per heavy atom. The molecule has 3 aromatic rings. The molecule has 2 heterocycles. The van der Waals surface area contributed by atoms with Crippen LogP contribution in [-0.2, 0) is 4.74 Å². The zero-order chi connectivity index (χ0) is 16.9. The summed E-state index contributed by atoms with van der Waals surface area (Å²) in [4.78, 5) is 9.14. The van der Waals surface area contributed by atoms with Crippen LogP contribution < -0.4 is 10.6 Å². The highest BCUT2D eigenvalue weighted by Crippen LogP contribution is 2.35. The van der Waals surface area contributed by atoms with Gasteiger partial charge < -0.3 is 4.74 Å². The van der Waals surface area contributed by atoms with E-state index in [2.05, 4.69) is 65.6 Å². The van der Waals surface area contributed by atoms with Crippen LogP contribution in [0.15, 0.2) is 90.1 Å². The lowest BCUT2D eigenvalue weighted by Gasteiger charge is -2.20. The van der Waals surface area contributed by atoms with Crippen molar-refractivity contribution in [1.82, 2.24) is 4.98 Å². The fraction of sp³-hybridized carbons (Fsp3) is 0.143. The molecule has 1 aliphatic heterocycles. The molecule has 1 aromatic heterocycles. The summed E-state index contributed by atoms with van der Waals surface area (Å²) >= 11 is 0. The molecule has 0 spiro atoms. The monoisotopic (exact) mass is 346 g/mol. The molecule has 0 saturated carbocycles. The number of hydrogen-bond donors (Lipinski definition) is 0. The van der Waals surface area contributed by atoms with Crippen LogP contribution in [-0.4, -0.2) is 29.7 Å². The van der Waals surface area contributed by atoms with Gasteiger partial charge in [-0.15, -0.1) is 0 Å². The van der Waals surface area contributed by atoms with Crippen molar-refractivity contribution in [3.63, 3.8) is 0 Å². The van der Waals surface area contributed by atoms with Crippen molar-refractivity contribution < 1.29 is 4.74 Å². The Labute approximate surface area is 149 Å². The first kappa shape index (κ1) is 16.0. The second-order valence-electron chi connectivity index (χ2n) is 5.90. The van der Waals surface area contributed by atoms with Crippen LogP contribution in [0.3, 0.4) is 0 Å². The summed E-state index contributed by atoms with van der Waals surface area (Å²) in [6.45, 7) is 0.629. The summed E-state index contributed by atoms with van der Waals surface area (Å²) < 4.78 is 5.82. The van der Waals surface area contributed by atoms with Gasteiger partial charge in [-0.25, -0.2) is 4.99 Å². The van der Waals surface area contributed by atoms with Crippen molar-refractivity contribution in [2.45, 2.75) is 6.04 Å².